The van der Waals surface area contributed by atoms with Crippen LogP contribution in [0, 0.1) is 17.8 Å². The van der Waals surface area contributed by atoms with Crippen LogP contribution in [0.5, 0.6) is 11.5 Å². The number of amides is 1. The molecule has 0 bridgehead atoms. The summed E-state index contributed by atoms with van der Waals surface area (Å²) >= 11 is 13.4. The van der Waals surface area contributed by atoms with Crippen molar-refractivity contribution in [2.24, 2.45) is 5.92 Å². The largest absolute Gasteiger partial charge is 0.495 e. The van der Waals surface area contributed by atoms with E-state index in [1.807, 2.05) is 24.3 Å². The summed E-state index contributed by atoms with van der Waals surface area (Å²) in [5.41, 5.74) is 9.62. The quantitative estimate of drug-likeness (QED) is 0.513. The molecule has 2 aliphatic rings. The average Bonchev–Trinajstić information content (AvgIpc) is 3.23. The lowest BCUT2D eigenvalue weighted by Crippen LogP contribution is -2.35. The molecule has 2 aromatic carbocycles. The van der Waals surface area contributed by atoms with E-state index >= 15 is 0 Å². The number of para-hydroxylation sites is 1. The Morgan fingerprint density at radius 2 is 1.79 bits per heavy atom. The van der Waals surface area contributed by atoms with Crippen molar-refractivity contribution in [3.05, 3.63) is 51.5 Å². The first-order valence-electron chi connectivity index (χ1n) is 10.9. The van der Waals surface area contributed by atoms with Crippen molar-refractivity contribution in [2.45, 2.75) is 44.2 Å². The number of carbonyl (C=O) groups is 1. The van der Waals surface area contributed by atoms with E-state index in [2.05, 4.69) is 28.0 Å². The minimum absolute atomic E-state index is 0.0628. The van der Waals surface area contributed by atoms with E-state index in [-0.39, 0.29) is 23.9 Å². The van der Waals surface area contributed by atoms with Crippen LogP contribution in [0.2, 0.25) is 10.0 Å². The molecule has 1 aliphatic carbocycles. The van der Waals surface area contributed by atoms with Gasteiger partial charge in [-0.25, -0.2) is 5.43 Å². The van der Waals surface area contributed by atoms with Gasteiger partial charge in [-0.05, 0) is 55.6 Å². The molecule has 2 aromatic rings. The summed E-state index contributed by atoms with van der Waals surface area (Å²) < 4.78 is 10.9. The number of hydrogen-bond donors (Lipinski definition) is 3. The molecule has 1 saturated heterocycles. The normalized spacial score (nSPS) is 23.8. The zero-order chi connectivity index (χ0) is 23.5. The van der Waals surface area contributed by atoms with Gasteiger partial charge in [-0.3, -0.25) is 10.2 Å². The second-order valence-electron chi connectivity index (χ2n) is 8.29. The lowest BCUT2D eigenvalue weighted by Gasteiger charge is -2.34. The SMILES string of the molecule is CC#CC(=O)Nc1ccccc1C1NNC2CC(c3c(Cl)c(OC)cc(OC)c3Cl)CCC21. The molecule has 1 amide bonds. The van der Waals surface area contributed by atoms with E-state index in [0.717, 1.165) is 36.1 Å². The molecule has 174 valence electrons. The van der Waals surface area contributed by atoms with E-state index in [9.17, 15) is 4.79 Å². The Morgan fingerprint density at radius 1 is 1.09 bits per heavy atom. The molecule has 4 atom stereocenters. The summed E-state index contributed by atoms with van der Waals surface area (Å²) in [6.45, 7) is 1.65. The molecule has 2 fully saturated rings. The molecule has 4 rings (SSSR count). The van der Waals surface area contributed by atoms with Gasteiger partial charge in [-0.1, -0.05) is 47.3 Å². The third kappa shape index (κ3) is 4.64. The molecule has 0 aromatic heterocycles. The summed E-state index contributed by atoms with van der Waals surface area (Å²) in [4.78, 5) is 12.1. The minimum atomic E-state index is -0.313. The number of anilines is 1. The molecule has 4 unspecified atom stereocenters. The third-order valence-corrected chi connectivity index (χ3v) is 7.33. The number of carbonyl (C=O) groups excluding carboxylic acids is 1. The highest BCUT2D eigenvalue weighted by molar-refractivity contribution is 6.38. The number of rotatable bonds is 5. The summed E-state index contributed by atoms with van der Waals surface area (Å²) in [5, 5.41) is 4.00. The molecule has 1 heterocycles. The van der Waals surface area contributed by atoms with Crippen LogP contribution in [0.25, 0.3) is 0 Å². The Labute approximate surface area is 204 Å². The molecule has 3 N–H and O–H groups in total. The summed E-state index contributed by atoms with van der Waals surface area (Å²) in [5.74, 6) is 6.50. The molecule has 1 saturated carbocycles. The van der Waals surface area contributed by atoms with E-state index in [0.29, 0.717) is 27.5 Å². The smallest absolute Gasteiger partial charge is 0.300 e. The van der Waals surface area contributed by atoms with Crippen molar-refractivity contribution < 1.29 is 14.3 Å². The maximum atomic E-state index is 12.1. The van der Waals surface area contributed by atoms with E-state index in [1.165, 1.54) is 0 Å². The topological polar surface area (TPSA) is 71.6 Å². The number of fused-ring (bicyclic) bond motifs is 1. The second-order valence-corrected chi connectivity index (χ2v) is 9.04. The summed E-state index contributed by atoms with van der Waals surface area (Å²) in [7, 11) is 3.18. The predicted octanol–water partition coefficient (Wildman–Crippen LogP) is 5.07. The Kier molecular flexibility index (Phi) is 7.35. The van der Waals surface area contributed by atoms with Crippen LogP contribution in [0.4, 0.5) is 5.69 Å². The fraction of sp³-hybridized carbons (Fsp3) is 0.400. The van der Waals surface area contributed by atoms with E-state index in [1.54, 1.807) is 27.2 Å². The molecule has 0 radical (unpaired) electrons. The van der Waals surface area contributed by atoms with Gasteiger partial charge >= 0.3 is 0 Å². The average molecular weight is 488 g/mol. The number of ether oxygens (including phenoxy) is 2. The standard InChI is InChI=1S/C25H27Cl2N3O3/c1-4-7-21(31)28-17-9-6-5-8-15(17)25-16-11-10-14(12-18(16)29-30-25)22-23(26)19(32-2)13-20(33-3)24(22)27/h5-6,8-9,13-14,16,18,25,29-30H,10-12H2,1-3H3,(H,28,31). The van der Waals surface area contributed by atoms with Crippen molar-refractivity contribution >= 4 is 34.8 Å². The molecular weight excluding hydrogens is 461 g/mol. The fourth-order valence-electron chi connectivity index (χ4n) is 5.05. The van der Waals surface area contributed by atoms with Crippen LogP contribution >= 0.6 is 23.2 Å². The highest BCUT2D eigenvalue weighted by Gasteiger charge is 2.43. The lowest BCUT2D eigenvalue weighted by molar-refractivity contribution is -0.111. The van der Waals surface area contributed by atoms with Gasteiger partial charge in [0.2, 0.25) is 0 Å². The zero-order valence-corrected chi connectivity index (χ0v) is 20.3. The van der Waals surface area contributed by atoms with Crippen LogP contribution in [0.1, 0.15) is 49.3 Å². The molecule has 6 nitrogen and oxygen atoms in total. The molecule has 8 heteroatoms. The summed E-state index contributed by atoms with van der Waals surface area (Å²) in [6, 6.07) is 9.86. The molecule has 1 aliphatic heterocycles. The Morgan fingerprint density at radius 3 is 2.45 bits per heavy atom. The number of methoxy groups -OCH3 is 2. The van der Waals surface area contributed by atoms with Crippen LogP contribution in [0.15, 0.2) is 30.3 Å². The Hall–Kier alpha value is -2.43. The van der Waals surface area contributed by atoms with Crippen molar-refractivity contribution in [1.82, 2.24) is 10.9 Å². The maximum Gasteiger partial charge on any atom is 0.300 e. The molecular formula is C25H27Cl2N3O3. The molecule has 33 heavy (non-hydrogen) atoms. The Bertz CT molecular complexity index is 1080. The number of hydrogen-bond acceptors (Lipinski definition) is 5. The minimum Gasteiger partial charge on any atom is -0.495 e. The van der Waals surface area contributed by atoms with Gasteiger partial charge in [0.1, 0.15) is 11.5 Å². The van der Waals surface area contributed by atoms with Crippen LogP contribution in [-0.4, -0.2) is 26.2 Å². The van der Waals surface area contributed by atoms with Crippen molar-refractivity contribution in [3.63, 3.8) is 0 Å². The Balaban J connectivity index is 1.57. The van der Waals surface area contributed by atoms with Gasteiger partial charge in [0.05, 0.1) is 30.3 Å². The number of nitrogens with one attached hydrogen (secondary N) is 3. The predicted molar refractivity (Wildman–Crippen MR) is 131 cm³/mol. The fourth-order valence-corrected chi connectivity index (χ4v) is 5.85. The van der Waals surface area contributed by atoms with Crippen molar-refractivity contribution in [2.75, 3.05) is 19.5 Å². The van der Waals surface area contributed by atoms with Crippen LogP contribution in [-0.2, 0) is 4.79 Å². The number of benzene rings is 2. The first-order chi connectivity index (χ1) is 16.0. The number of halogens is 2. The highest BCUT2D eigenvalue weighted by Crippen LogP contribution is 2.51. The highest BCUT2D eigenvalue weighted by atomic mass is 35.5. The van der Waals surface area contributed by atoms with Crippen LogP contribution in [0.3, 0.4) is 0 Å². The van der Waals surface area contributed by atoms with Gasteiger partial charge in [-0.15, -0.1) is 0 Å². The van der Waals surface area contributed by atoms with E-state index < -0.39 is 0 Å². The van der Waals surface area contributed by atoms with Gasteiger partial charge in [0.15, 0.2) is 0 Å². The third-order valence-electron chi connectivity index (χ3n) is 6.55. The van der Waals surface area contributed by atoms with Crippen molar-refractivity contribution in [3.8, 4) is 23.3 Å². The maximum absolute atomic E-state index is 12.1. The number of hydrazine groups is 1. The van der Waals surface area contributed by atoms with E-state index in [4.69, 9.17) is 32.7 Å². The van der Waals surface area contributed by atoms with Gasteiger partial charge in [0, 0.05) is 23.4 Å². The van der Waals surface area contributed by atoms with Crippen molar-refractivity contribution in [1.29, 1.82) is 0 Å². The second kappa shape index (κ2) is 10.2. The van der Waals surface area contributed by atoms with Crippen LogP contribution < -0.4 is 25.6 Å². The molecule has 0 spiro atoms. The van der Waals surface area contributed by atoms with Gasteiger partial charge in [-0.2, -0.15) is 0 Å². The summed E-state index contributed by atoms with van der Waals surface area (Å²) in [6.07, 6.45) is 2.75. The lowest BCUT2D eigenvalue weighted by atomic mass is 9.72. The monoisotopic (exact) mass is 487 g/mol. The van der Waals surface area contributed by atoms with Gasteiger partial charge < -0.3 is 14.8 Å². The first kappa shape index (κ1) is 23.7. The van der Waals surface area contributed by atoms with Gasteiger partial charge in [0.25, 0.3) is 5.91 Å². The first-order valence-corrected chi connectivity index (χ1v) is 11.7. The zero-order valence-electron chi connectivity index (χ0n) is 18.8.